The Labute approximate surface area is 105 Å². The zero-order valence-electron chi connectivity index (χ0n) is 9.89. The number of carbonyl (C=O) groups is 1. The lowest BCUT2D eigenvalue weighted by molar-refractivity contribution is 0.151. The van der Waals surface area contributed by atoms with Gasteiger partial charge in [0.15, 0.2) is 0 Å². The van der Waals surface area contributed by atoms with Gasteiger partial charge in [-0.2, -0.15) is 0 Å². The molecule has 1 heterocycles. The quantitative estimate of drug-likeness (QED) is 0.504. The maximum Gasteiger partial charge on any atom is 0.433 e. The average molecular weight is 246 g/mol. The third-order valence-corrected chi connectivity index (χ3v) is 2.42. The largest absolute Gasteiger partial charge is 0.492 e. The van der Waals surface area contributed by atoms with Gasteiger partial charge in [0.2, 0.25) is 0 Å². The molecule has 0 spiro atoms. The lowest BCUT2D eigenvalue weighted by Gasteiger charge is -2.17. The maximum atomic E-state index is 11.2. The third-order valence-electron chi connectivity index (χ3n) is 2.42. The van der Waals surface area contributed by atoms with E-state index in [0.717, 1.165) is 11.3 Å². The number of hydrogen-bond donors (Lipinski definition) is 1. The van der Waals surface area contributed by atoms with Crippen LogP contribution >= 0.6 is 0 Å². The second-order valence-electron chi connectivity index (χ2n) is 3.68. The van der Waals surface area contributed by atoms with E-state index >= 15 is 0 Å². The predicted octanol–water partition coefficient (Wildman–Crippen LogP) is 2.09. The molecule has 0 aliphatic carbocycles. The summed E-state index contributed by atoms with van der Waals surface area (Å²) >= 11 is 0. The van der Waals surface area contributed by atoms with E-state index in [1.54, 1.807) is 6.08 Å². The monoisotopic (exact) mass is 246 g/mol. The molecule has 0 atom stereocenters. The van der Waals surface area contributed by atoms with Crippen molar-refractivity contribution >= 4 is 11.8 Å². The van der Waals surface area contributed by atoms with Crippen LogP contribution in [0.1, 0.15) is 12.0 Å². The van der Waals surface area contributed by atoms with Crippen molar-refractivity contribution in [1.29, 1.82) is 0 Å². The number of hydrogen-bond acceptors (Lipinski definition) is 4. The molecule has 0 fully saturated rings. The Balaban J connectivity index is 2.06. The highest BCUT2D eigenvalue weighted by atomic mass is 16.7. The van der Waals surface area contributed by atoms with E-state index in [-0.39, 0.29) is 0 Å². The van der Waals surface area contributed by atoms with E-state index < -0.39 is 6.09 Å². The van der Waals surface area contributed by atoms with E-state index in [9.17, 15) is 4.79 Å². The molecule has 1 amide bonds. The van der Waals surface area contributed by atoms with Crippen molar-refractivity contribution in [3.8, 4) is 5.75 Å². The van der Waals surface area contributed by atoms with Gasteiger partial charge in [0, 0.05) is 18.5 Å². The molecule has 18 heavy (non-hydrogen) atoms. The van der Waals surface area contributed by atoms with Gasteiger partial charge in [-0.15, -0.1) is 6.58 Å². The van der Waals surface area contributed by atoms with Crippen molar-refractivity contribution in [2.75, 3.05) is 13.2 Å². The molecule has 1 aliphatic rings. The molecule has 1 aromatic rings. The highest BCUT2D eigenvalue weighted by Crippen LogP contribution is 2.24. The molecule has 0 unspecified atom stereocenters. The van der Waals surface area contributed by atoms with Crippen LogP contribution in [-0.4, -0.2) is 25.0 Å². The number of rotatable bonds is 3. The number of carbonyl (C=O) groups excluding carboxylic acids is 1. The molecule has 5 heteroatoms. The highest BCUT2D eigenvalue weighted by Gasteiger charge is 2.17. The average Bonchev–Trinajstić information content (AvgIpc) is 2.42. The zero-order valence-corrected chi connectivity index (χ0v) is 9.89. The molecule has 5 nitrogen and oxygen atoms in total. The second-order valence-corrected chi connectivity index (χ2v) is 3.68. The summed E-state index contributed by atoms with van der Waals surface area (Å²) in [5, 5.41) is 6.35. The number of amides is 1. The van der Waals surface area contributed by atoms with Gasteiger partial charge in [-0.25, -0.2) is 4.79 Å². The molecule has 1 aromatic carbocycles. The van der Waals surface area contributed by atoms with Crippen molar-refractivity contribution in [2.24, 2.45) is 5.16 Å². The Morgan fingerprint density at radius 3 is 3.22 bits per heavy atom. The Morgan fingerprint density at radius 1 is 1.56 bits per heavy atom. The van der Waals surface area contributed by atoms with Crippen LogP contribution in [0, 0.1) is 0 Å². The predicted molar refractivity (Wildman–Crippen MR) is 67.8 cm³/mol. The molecule has 0 aromatic heterocycles. The van der Waals surface area contributed by atoms with Crippen LogP contribution in [0.4, 0.5) is 4.79 Å². The Kier molecular flexibility index (Phi) is 3.96. The lowest BCUT2D eigenvalue weighted by Crippen LogP contribution is -2.24. The molecule has 0 saturated heterocycles. The van der Waals surface area contributed by atoms with Crippen molar-refractivity contribution in [1.82, 2.24) is 5.32 Å². The summed E-state index contributed by atoms with van der Waals surface area (Å²) in [4.78, 5) is 16.0. The van der Waals surface area contributed by atoms with Crippen LogP contribution in [0.2, 0.25) is 0 Å². The third kappa shape index (κ3) is 2.88. The molecule has 0 radical (unpaired) electrons. The van der Waals surface area contributed by atoms with E-state index in [4.69, 9.17) is 9.57 Å². The zero-order chi connectivity index (χ0) is 12.8. The second kappa shape index (κ2) is 5.86. The molecule has 2 rings (SSSR count). The number of ether oxygens (including phenoxy) is 1. The summed E-state index contributed by atoms with van der Waals surface area (Å²) in [5.74, 6) is 0.762. The topological polar surface area (TPSA) is 59.9 Å². The molecule has 1 N–H and O–H groups in total. The van der Waals surface area contributed by atoms with Gasteiger partial charge in [-0.05, 0) is 12.1 Å². The van der Waals surface area contributed by atoms with Gasteiger partial charge in [-0.1, -0.05) is 23.4 Å². The van der Waals surface area contributed by atoms with Crippen LogP contribution in [0.15, 0.2) is 42.1 Å². The summed E-state index contributed by atoms with van der Waals surface area (Å²) in [6, 6.07) is 7.53. The fourth-order valence-electron chi connectivity index (χ4n) is 1.60. The van der Waals surface area contributed by atoms with Gasteiger partial charge in [0.05, 0.1) is 12.3 Å². The first kappa shape index (κ1) is 12.2. The molecule has 0 bridgehead atoms. The van der Waals surface area contributed by atoms with Gasteiger partial charge in [-0.3, -0.25) is 4.84 Å². The summed E-state index contributed by atoms with van der Waals surface area (Å²) in [5.41, 5.74) is 1.57. The fraction of sp³-hybridized carbons (Fsp3) is 0.231. The summed E-state index contributed by atoms with van der Waals surface area (Å²) < 4.78 is 5.48. The minimum Gasteiger partial charge on any atom is -0.492 e. The summed E-state index contributed by atoms with van der Waals surface area (Å²) in [7, 11) is 0. The molecule has 94 valence electrons. The normalized spacial score (nSPS) is 15.4. The number of para-hydroxylation sites is 1. The molecular weight excluding hydrogens is 232 g/mol. The minimum absolute atomic E-state index is 0.351. The standard InChI is InChI=1S/C13H14N2O3/c1-2-8-14-13(16)18-15-11-7-9-17-12-6-4-3-5-10(11)12/h2-6H,1,7-9H2,(H,14,16). The minimum atomic E-state index is -0.591. The van der Waals surface area contributed by atoms with Crippen LogP contribution in [0.3, 0.4) is 0 Å². The van der Waals surface area contributed by atoms with E-state index in [1.165, 1.54) is 0 Å². The van der Waals surface area contributed by atoms with Crippen LogP contribution < -0.4 is 10.1 Å². The van der Waals surface area contributed by atoms with Gasteiger partial charge >= 0.3 is 6.09 Å². The summed E-state index contributed by atoms with van der Waals surface area (Å²) in [6.07, 6.45) is 1.59. The highest BCUT2D eigenvalue weighted by molar-refractivity contribution is 6.03. The fourth-order valence-corrected chi connectivity index (χ4v) is 1.60. The first-order chi connectivity index (χ1) is 8.81. The number of oxime groups is 1. The molecule has 0 saturated carbocycles. The van der Waals surface area contributed by atoms with Crippen molar-refractivity contribution in [3.63, 3.8) is 0 Å². The van der Waals surface area contributed by atoms with Gasteiger partial charge in [0.25, 0.3) is 0 Å². The Morgan fingerprint density at radius 2 is 2.39 bits per heavy atom. The molecular formula is C13H14N2O3. The number of benzene rings is 1. The van der Waals surface area contributed by atoms with E-state index in [1.807, 2.05) is 24.3 Å². The van der Waals surface area contributed by atoms with Crippen molar-refractivity contribution < 1.29 is 14.4 Å². The van der Waals surface area contributed by atoms with Gasteiger partial charge < -0.3 is 10.1 Å². The number of fused-ring (bicyclic) bond motifs is 1. The Hall–Kier alpha value is -2.30. The summed E-state index contributed by atoms with van der Waals surface area (Å²) in [6.45, 7) is 4.38. The number of nitrogens with one attached hydrogen (secondary N) is 1. The lowest BCUT2D eigenvalue weighted by atomic mass is 10.0. The van der Waals surface area contributed by atoms with E-state index in [2.05, 4.69) is 17.1 Å². The number of nitrogens with zero attached hydrogens (tertiary/aromatic N) is 1. The smallest absolute Gasteiger partial charge is 0.433 e. The first-order valence-corrected chi connectivity index (χ1v) is 5.66. The first-order valence-electron chi connectivity index (χ1n) is 5.66. The van der Waals surface area contributed by atoms with Crippen LogP contribution in [0.5, 0.6) is 5.75 Å². The Bertz CT molecular complexity index is 483. The SMILES string of the molecule is C=CCNC(=O)ON=C1CCOc2ccccc21. The van der Waals surface area contributed by atoms with Crippen molar-refractivity contribution in [2.45, 2.75) is 6.42 Å². The maximum absolute atomic E-state index is 11.2. The van der Waals surface area contributed by atoms with E-state index in [0.29, 0.717) is 25.3 Å². The van der Waals surface area contributed by atoms with Gasteiger partial charge in [0.1, 0.15) is 5.75 Å². The van der Waals surface area contributed by atoms with Crippen LogP contribution in [0.25, 0.3) is 0 Å². The van der Waals surface area contributed by atoms with Crippen molar-refractivity contribution in [3.05, 3.63) is 42.5 Å². The van der Waals surface area contributed by atoms with Crippen LogP contribution in [-0.2, 0) is 4.84 Å². The molecule has 1 aliphatic heterocycles.